The summed E-state index contributed by atoms with van der Waals surface area (Å²) in [6.07, 6.45) is 3.45. The maximum Gasteiger partial charge on any atom is 0.240 e. The van der Waals surface area contributed by atoms with E-state index in [2.05, 4.69) is 25.3 Å². The van der Waals surface area contributed by atoms with Gasteiger partial charge in [0.1, 0.15) is 5.41 Å². The van der Waals surface area contributed by atoms with E-state index in [9.17, 15) is 15.3 Å². The second-order valence-electron chi connectivity index (χ2n) is 5.40. The Kier molecular flexibility index (Phi) is 3.89. The van der Waals surface area contributed by atoms with Crippen LogP contribution < -0.4 is 4.90 Å². The fourth-order valence-electron chi connectivity index (χ4n) is 3.34. The van der Waals surface area contributed by atoms with E-state index < -0.39 is 10.8 Å². The highest BCUT2D eigenvalue weighted by molar-refractivity contribution is 6.09. The molecule has 2 rings (SSSR count). The zero-order valence-electron chi connectivity index (χ0n) is 12.5. The molecular formula is C18H17N3O. The number of hydrogen-bond donors (Lipinski definition) is 0. The SMILES string of the molecule is C=CCC(C#N)(C#N)[C@]1(CC=C)C(=O)N(C)c2ccccc21. The van der Waals surface area contributed by atoms with Crippen LogP contribution in [0.5, 0.6) is 0 Å². The van der Waals surface area contributed by atoms with Crippen LogP contribution in [-0.4, -0.2) is 13.0 Å². The molecular weight excluding hydrogens is 274 g/mol. The Labute approximate surface area is 130 Å². The highest BCUT2D eigenvalue weighted by Crippen LogP contribution is 2.55. The van der Waals surface area contributed by atoms with E-state index in [0.717, 1.165) is 5.69 Å². The average Bonchev–Trinajstić information content (AvgIpc) is 2.77. The molecule has 0 saturated carbocycles. The molecule has 1 aromatic carbocycles. The lowest BCUT2D eigenvalue weighted by Gasteiger charge is -2.37. The van der Waals surface area contributed by atoms with E-state index in [4.69, 9.17) is 0 Å². The number of nitriles is 2. The number of nitrogens with zero attached hydrogens (tertiary/aromatic N) is 3. The summed E-state index contributed by atoms with van der Waals surface area (Å²) in [6, 6.07) is 11.5. The molecule has 0 saturated heterocycles. The third-order valence-electron chi connectivity index (χ3n) is 4.41. The molecule has 1 atom stereocenters. The summed E-state index contributed by atoms with van der Waals surface area (Å²) >= 11 is 0. The normalized spacial score (nSPS) is 20.0. The van der Waals surface area contributed by atoms with Gasteiger partial charge in [0.25, 0.3) is 0 Å². The van der Waals surface area contributed by atoms with Crippen molar-refractivity contribution in [2.75, 3.05) is 11.9 Å². The first-order chi connectivity index (χ1) is 10.5. The van der Waals surface area contributed by atoms with Gasteiger partial charge in [0.15, 0.2) is 5.41 Å². The number of rotatable bonds is 5. The number of carbonyl (C=O) groups excluding carboxylic acids is 1. The fraction of sp³-hybridized carbons (Fsp3) is 0.278. The van der Waals surface area contributed by atoms with E-state index >= 15 is 0 Å². The van der Waals surface area contributed by atoms with Crippen LogP contribution in [0.1, 0.15) is 18.4 Å². The monoisotopic (exact) mass is 291 g/mol. The summed E-state index contributed by atoms with van der Waals surface area (Å²) in [5.41, 5.74) is -1.33. The maximum absolute atomic E-state index is 13.1. The van der Waals surface area contributed by atoms with E-state index in [-0.39, 0.29) is 18.7 Å². The molecule has 4 nitrogen and oxygen atoms in total. The molecule has 22 heavy (non-hydrogen) atoms. The standard InChI is InChI=1S/C18H17N3O/c1-4-10-17(12-19,13-20)18(11-5-2)14-8-6-7-9-15(14)21(3)16(18)22/h4-9H,1-2,10-11H2,3H3/t18-/m0/s1. The van der Waals surface area contributed by atoms with Gasteiger partial charge in [0, 0.05) is 12.7 Å². The first-order valence-electron chi connectivity index (χ1n) is 6.96. The largest absolute Gasteiger partial charge is 0.314 e. The molecule has 1 heterocycles. The number of benzene rings is 1. The number of hydrogen-bond acceptors (Lipinski definition) is 3. The van der Waals surface area contributed by atoms with Crippen molar-refractivity contribution in [1.82, 2.24) is 0 Å². The Morgan fingerprint density at radius 3 is 2.45 bits per heavy atom. The van der Waals surface area contributed by atoms with Gasteiger partial charge in [0.2, 0.25) is 5.91 Å². The summed E-state index contributed by atoms with van der Waals surface area (Å²) in [6.45, 7) is 7.38. The number of anilines is 1. The Morgan fingerprint density at radius 2 is 1.91 bits per heavy atom. The molecule has 0 N–H and O–H groups in total. The smallest absolute Gasteiger partial charge is 0.240 e. The van der Waals surface area contributed by atoms with E-state index in [1.54, 1.807) is 13.1 Å². The second kappa shape index (κ2) is 5.50. The van der Waals surface area contributed by atoms with Gasteiger partial charge in [-0.05, 0) is 24.5 Å². The molecule has 0 aliphatic carbocycles. The van der Waals surface area contributed by atoms with Crippen molar-refractivity contribution in [2.45, 2.75) is 18.3 Å². The molecule has 0 radical (unpaired) electrons. The lowest BCUT2D eigenvalue weighted by Crippen LogP contribution is -2.50. The Balaban J connectivity index is 2.88. The van der Waals surface area contributed by atoms with Crippen LogP contribution >= 0.6 is 0 Å². The fourth-order valence-corrected chi connectivity index (χ4v) is 3.34. The summed E-state index contributed by atoms with van der Waals surface area (Å²) in [5, 5.41) is 19.5. The van der Waals surface area contributed by atoms with Crippen LogP contribution in [0.2, 0.25) is 0 Å². The highest BCUT2D eigenvalue weighted by atomic mass is 16.2. The van der Waals surface area contributed by atoms with Gasteiger partial charge < -0.3 is 4.90 Å². The second-order valence-corrected chi connectivity index (χ2v) is 5.40. The quantitative estimate of drug-likeness (QED) is 0.783. The average molecular weight is 291 g/mol. The van der Waals surface area contributed by atoms with Crippen LogP contribution in [0, 0.1) is 28.1 Å². The van der Waals surface area contributed by atoms with Crippen LogP contribution in [0.25, 0.3) is 0 Å². The molecule has 0 bridgehead atoms. The minimum Gasteiger partial charge on any atom is -0.314 e. The van der Waals surface area contributed by atoms with Crippen molar-refractivity contribution in [3.8, 4) is 12.1 Å². The minimum atomic E-state index is -1.51. The lowest BCUT2D eigenvalue weighted by atomic mass is 9.58. The first-order valence-corrected chi connectivity index (χ1v) is 6.96. The minimum absolute atomic E-state index is 0.113. The Morgan fingerprint density at radius 1 is 1.27 bits per heavy atom. The number of carbonyl (C=O) groups is 1. The molecule has 0 aromatic heterocycles. The van der Waals surface area contributed by atoms with Crippen molar-refractivity contribution >= 4 is 11.6 Å². The van der Waals surface area contributed by atoms with E-state index in [1.807, 2.05) is 24.3 Å². The van der Waals surface area contributed by atoms with Crippen molar-refractivity contribution < 1.29 is 4.79 Å². The molecule has 0 fully saturated rings. The predicted molar refractivity (Wildman–Crippen MR) is 84.8 cm³/mol. The summed E-state index contributed by atoms with van der Waals surface area (Å²) in [5.74, 6) is -0.251. The van der Waals surface area contributed by atoms with Crippen LogP contribution in [0.3, 0.4) is 0 Å². The van der Waals surface area contributed by atoms with Crippen molar-refractivity contribution in [3.05, 3.63) is 55.1 Å². The van der Waals surface area contributed by atoms with Crippen molar-refractivity contribution in [3.63, 3.8) is 0 Å². The van der Waals surface area contributed by atoms with Crippen LogP contribution in [0.4, 0.5) is 5.69 Å². The summed E-state index contributed by atoms with van der Waals surface area (Å²) < 4.78 is 0. The van der Waals surface area contributed by atoms with Crippen LogP contribution in [-0.2, 0) is 10.2 Å². The Bertz CT molecular complexity index is 709. The summed E-state index contributed by atoms with van der Waals surface area (Å²) in [4.78, 5) is 14.6. The lowest BCUT2D eigenvalue weighted by molar-refractivity contribution is -0.125. The van der Waals surface area contributed by atoms with Gasteiger partial charge >= 0.3 is 0 Å². The zero-order valence-corrected chi connectivity index (χ0v) is 12.5. The Hall–Kier alpha value is -2.85. The van der Waals surface area contributed by atoms with Crippen molar-refractivity contribution in [2.24, 2.45) is 5.41 Å². The van der Waals surface area contributed by atoms with Gasteiger partial charge in [-0.25, -0.2) is 0 Å². The van der Waals surface area contributed by atoms with Crippen molar-refractivity contribution in [1.29, 1.82) is 10.5 Å². The predicted octanol–water partition coefficient (Wildman–Crippen LogP) is 3.09. The number of para-hydroxylation sites is 1. The molecule has 0 spiro atoms. The van der Waals surface area contributed by atoms with Gasteiger partial charge in [-0.15, -0.1) is 13.2 Å². The van der Waals surface area contributed by atoms with Gasteiger partial charge in [-0.2, -0.15) is 10.5 Å². The van der Waals surface area contributed by atoms with Gasteiger partial charge in [-0.3, -0.25) is 4.79 Å². The molecule has 110 valence electrons. The molecule has 1 aromatic rings. The maximum atomic E-state index is 13.1. The number of amides is 1. The molecule has 1 aliphatic heterocycles. The topological polar surface area (TPSA) is 67.9 Å². The number of likely N-dealkylation sites (N-methyl/N-ethyl adjacent to an activating group) is 1. The highest BCUT2D eigenvalue weighted by Gasteiger charge is 2.62. The number of allylic oxidation sites excluding steroid dienone is 2. The summed E-state index contributed by atoms with van der Waals surface area (Å²) in [7, 11) is 1.67. The van der Waals surface area contributed by atoms with E-state index in [1.165, 1.54) is 11.0 Å². The van der Waals surface area contributed by atoms with E-state index in [0.29, 0.717) is 5.56 Å². The van der Waals surface area contributed by atoms with Gasteiger partial charge in [0.05, 0.1) is 12.1 Å². The third-order valence-corrected chi connectivity index (χ3v) is 4.41. The molecule has 4 heteroatoms. The number of fused-ring (bicyclic) bond motifs is 1. The van der Waals surface area contributed by atoms with Gasteiger partial charge in [-0.1, -0.05) is 30.4 Å². The zero-order chi connectivity index (χ0) is 16.4. The van der Waals surface area contributed by atoms with Crippen LogP contribution in [0.15, 0.2) is 49.6 Å². The first kappa shape index (κ1) is 15.5. The third kappa shape index (κ3) is 1.71. The molecule has 0 unspecified atom stereocenters. The molecule has 1 aliphatic rings. The molecule has 1 amide bonds.